The number of carbonyl (C=O) groups excluding carboxylic acids is 1. The van der Waals surface area contributed by atoms with E-state index in [0.717, 1.165) is 11.3 Å². The summed E-state index contributed by atoms with van der Waals surface area (Å²) < 4.78 is 5.79. The van der Waals surface area contributed by atoms with Crippen molar-refractivity contribution in [2.75, 3.05) is 6.54 Å². The molecule has 1 heterocycles. The van der Waals surface area contributed by atoms with Crippen LogP contribution in [0.5, 0.6) is 5.75 Å². The Kier molecular flexibility index (Phi) is 4.81. The van der Waals surface area contributed by atoms with Gasteiger partial charge in [0, 0.05) is 13.0 Å². The number of carbonyl (C=O) groups is 1. The largest absolute Gasteiger partial charge is 0.480 e. The molecule has 0 spiro atoms. The molecule has 22 heavy (non-hydrogen) atoms. The third-order valence-electron chi connectivity index (χ3n) is 4.23. The van der Waals surface area contributed by atoms with Crippen molar-refractivity contribution in [3.63, 3.8) is 0 Å². The van der Waals surface area contributed by atoms with E-state index in [1.165, 1.54) is 11.1 Å². The number of aliphatic hydroxyl groups excluding tert-OH is 1. The molecule has 0 bridgehead atoms. The normalized spacial score (nSPS) is 18.5. The maximum Gasteiger partial charge on any atom is 0.261 e. The molecule has 1 aliphatic heterocycles. The van der Waals surface area contributed by atoms with Gasteiger partial charge in [-0.15, -0.1) is 0 Å². The second kappa shape index (κ2) is 6.29. The second-order valence-electron chi connectivity index (χ2n) is 7.29. The van der Waals surface area contributed by atoms with Crippen molar-refractivity contribution in [1.82, 2.24) is 5.32 Å². The first kappa shape index (κ1) is 16.8. The minimum absolute atomic E-state index is 0.0785. The van der Waals surface area contributed by atoms with Gasteiger partial charge in [-0.05, 0) is 55.4 Å². The number of amides is 1. The molecule has 1 aromatic carbocycles. The third-order valence-corrected chi connectivity index (χ3v) is 4.23. The average molecular weight is 305 g/mol. The van der Waals surface area contributed by atoms with Crippen molar-refractivity contribution < 1.29 is 14.6 Å². The van der Waals surface area contributed by atoms with E-state index >= 15 is 0 Å². The molecule has 1 aliphatic rings. The quantitative estimate of drug-likeness (QED) is 0.879. The molecule has 0 aliphatic carbocycles. The monoisotopic (exact) mass is 305 g/mol. The van der Waals surface area contributed by atoms with Gasteiger partial charge in [0.15, 0.2) is 6.10 Å². The summed E-state index contributed by atoms with van der Waals surface area (Å²) in [5, 5.41) is 12.5. The molecule has 4 heteroatoms. The predicted octanol–water partition coefficient (Wildman–Crippen LogP) is 2.52. The number of hydrogen-bond acceptors (Lipinski definition) is 3. The molecule has 122 valence electrons. The first-order valence-corrected chi connectivity index (χ1v) is 7.90. The Balaban J connectivity index is 1.93. The third kappa shape index (κ3) is 4.01. The molecular weight excluding hydrogens is 278 g/mol. The van der Waals surface area contributed by atoms with E-state index in [-0.39, 0.29) is 17.4 Å². The summed E-state index contributed by atoms with van der Waals surface area (Å²) in [5.41, 5.74) is 3.37. The molecule has 0 saturated heterocycles. The zero-order valence-electron chi connectivity index (χ0n) is 14.2. The van der Waals surface area contributed by atoms with Crippen molar-refractivity contribution in [3.05, 3.63) is 28.8 Å². The van der Waals surface area contributed by atoms with Crippen LogP contribution in [0, 0.1) is 19.3 Å². The maximum absolute atomic E-state index is 12.3. The van der Waals surface area contributed by atoms with Gasteiger partial charge in [0.2, 0.25) is 0 Å². The summed E-state index contributed by atoms with van der Waals surface area (Å²) in [7, 11) is 0. The molecule has 2 rings (SSSR count). The summed E-state index contributed by atoms with van der Waals surface area (Å²) in [5.74, 6) is 0.747. The van der Waals surface area contributed by atoms with Crippen molar-refractivity contribution in [2.24, 2.45) is 5.41 Å². The first-order valence-electron chi connectivity index (χ1n) is 7.90. The van der Waals surface area contributed by atoms with Crippen molar-refractivity contribution in [2.45, 2.75) is 59.7 Å². The van der Waals surface area contributed by atoms with Crippen LogP contribution in [-0.2, 0) is 11.2 Å². The smallest absolute Gasteiger partial charge is 0.261 e. The van der Waals surface area contributed by atoms with Crippen molar-refractivity contribution >= 4 is 5.91 Å². The average Bonchev–Trinajstić information content (AvgIpc) is 2.78. The van der Waals surface area contributed by atoms with Crippen LogP contribution in [0.25, 0.3) is 0 Å². The highest BCUT2D eigenvalue weighted by molar-refractivity contribution is 5.82. The summed E-state index contributed by atoms with van der Waals surface area (Å²) in [6.07, 6.45) is 0.458. The van der Waals surface area contributed by atoms with Crippen LogP contribution >= 0.6 is 0 Å². The summed E-state index contributed by atoms with van der Waals surface area (Å²) in [4.78, 5) is 12.3. The Morgan fingerprint density at radius 1 is 1.41 bits per heavy atom. The van der Waals surface area contributed by atoms with Gasteiger partial charge in [0.05, 0.1) is 6.10 Å². The minimum atomic E-state index is -0.446. The van der Waals surface area contributed by atoms with Gasteiger partial charge in [-0.3, -0.25) is 4.79 Å². The molecular formula is C18H27NO3. The number of ether oxygens (including phenoxy) is 1. The summed E-state index contributed by atoms with van der Waals surface area (Å²) in [6.45, 7) is 10.5. The van der Waals surface area contributed by atoms with Crippen LogP contribution in [-0.4, -0.2) is 29.8 Å². The SMILES string of the molecule is Cc1cc2c(cc1C)OC(C(=O)NCC(C)(C)CC(C)O)C2. The van der Waals surface area contributed by atoms with Gasteiger partial charge in [0.25, 0.3) is 5.91 Å². The van der Waals surface area contributed by atoms with E-state index in [1.807, 2.05) is 26.8 Å². The van der Waals surface area contributed by atoms with Crippen LogP contribution < -0.4 is 10.1 Å². The van der Waals surface area contributed by atoms with Crippen LogP contribution in [0.1, 0.15) is 43.9 Å². The minimum Gasteiger partial charge on any atom is -0.480 e. The lowest BCUT2D eigenvalue weighted by Crippen LogP contribution is -2.42. The Morgan fingerprint density at radius 2 is 2.05 bits per heavy atom. The topological polar surface area (TPSA) is 58.6 Å². The lowest BCUT2D eigenvalue weighted by molar-refractivity contribution is -0.127. The van der Waals surface area contributed by atoms with E-state index in [4.69, 9.17) is 4.74 Å². The van der Waals surface area contributed by atoms with Gasteiger partial charge < -0.3 is 15.2 Å². The number of fused-ring (bicyclic) bond motifs is 1. The zero-order chi connectivity index (χ0) is 16.5. The Hall–Kier alpha value is -1.55. The first-order chi connectivity index (χ1) is 10.2. The lowest BCUT2D eigenvalue weighted by atomic mass is 9.87. The van der Waals surface area contributed by atoms with Crippen LogP contribution in [0.15, 0.2) is 12.1 Å². The van der Waals surface area contributed by atoms with Crippen LogP contribution in [0.3, 0.4) is 0 Å². The zero-order valence-corrected chi connectivity index (χ0v) is 14.2. The molecule has 0 radical (unpaired) electrons. The molecule has 2 unspecified atom stereocenters. The number of aliphatic hydroxyl groups is 1. The molecule has 0 fully saturated rings. The number of nitrogens with one attached hydrogen (secondary N) is 1. The number of aryl methyl sites for hydroxylation is 2. The molecule has 1 amide bonds. The fourth-order valence-electron chi connectivity index (χ4n) is 2.97. The van der Waals surface area contributed by atoms with E-state index in [1.54, 1.807) is 6.92 Å². The fraction of sp³-hybridized carbons (Fsp3) is 0.611. The van der Waals surface area contributed by atoms with Gasteiger partial charge in [-0.1, -0.05) is 19.9 Å². The molecule has 0 saturated carbocycles. The lowest BCUT2D eigenvalue weighted by Gasteiger charge is -2.27. The summed E-state index contributed by atoms with van der Waals surface area (Å²) in [6, 6.07) is 4.12. The Bertz CT molecular complexity index is 533. The van der Waals surface area contributed by atoms with E-state index in [2.05, 4.69) is 18.3 Å². The number of hydrogen-bond donors (Lipinski definition) is 2. The highest BCUT2D eigenvalue weighted by Gasteiger charge is 2.30. The van der Waals surface area contributed by atoms with E-state index in [9.17, 15) is 9.90 Å². The van der Waals surface area contributed by atoms with Gasteiger partial charge in [-0.2, -0.15) is 0 Å². The van der Waals surface area contributed by atoms with Crippen LogP contribution in [0.4, 0.5) is 0 Å². The standard InChI is InChI=1S/C18H27NO3/c1-11-6-14-8-16(22-15(14)7-12(11)2)17(21)19-10-18(4,5)9-13(3)20/h6-7,13,16,20H,8-10H2,1-5H3,(H,19,21). The van der Waals surface area contributed by atoms with E-state index < -0.39 is 6.10 Å². The van der Waals surface area contributed by atoms with Gasteiger partial charge in [0.1, 0.15) is 5.75 Å². The second-order valence-corrected chi connectivity index (χ2v) is 7.29. The maximum atomic E-state index is 12.3. The predicted molar refractivity (Wildman–Crippen MR) is 87.1 cm³/mol. The highest BCUT2D eigenvalue weighted by atomic mass is 16.5. The highest BCUT2D eigenvalue weighted by Crippen LogP contribution is 2.31. The van der Waals surface area contributed by atoms with Gasteiger partial charge in [-0.25, -0.2) is 0 Å². The molecule has 4 nitrogen and oxygen atoms in total. The Morgan fingerprint density at radius 3 is 2.68 bits per heavy atom. The molecule has 2 atom stereocenters. The molecule has 2 N–H and O–H groups in total. The number of benzene rings is 1. The number of rotatable bonds is 5. The van der Waals surface area contributed by atoms with Gasteiger partial charge >= 0.3 is 0 Å². The fourth-order valence-corrected chi connectivity index (χ4v) is 2.97. The van der Waals surface area contributed by atoms with Crippen molar-refractivity contribution in [1.29, 1.82) is 0 Å². The molecule has 0 aromatic heterocycles. The Labute approximate surface area is 132 Å². The summed E-state index contributed by atoms with van der Waals surface area (Å²) >= 11 is 0. The molecule has 1 aromatic rings. The van der Waals surface area contributed by atoms with Crippen molar-refractivity contribution in [3.8, 4) is 5.75 Å². The van der Waals surface area contributed by atoms with E-state index in [0.29, 0.717) is 19.4 Å². The van der Waals surface area contributed by atoms with Crippen LogP contribution in [0.2, 0.25) is 0 Å².